The van der Waals surface area contributed by atoms with Gasteiger partial charge in [0.25, 0.3) is 0 Å². The minimum atomic E-state index is -0.859. The largest absolute Gasteiger partial charge is 0.481 e. The maximum atomic E-state index is 11.9. The lowest BCUT2D eigenvalue weighted by Gasteiger charge is -2.41. The van der Waals surface area contributed by atoms with Crippen molar-refractivity contribution in [3.63, 3.8) is 0 Å². The van der Waals surface area contributed by atoms with Crippen LogP contribution in [-0.2, 0) is 9.59 Å². The molecule has 1 aliphatic rings. The van der Waals surface area contributed by atoms with E-state index in [4.69, 9.17) is 5.11 Å². The van der Waals surface area contributed by atoms with Crippen LogP contribution >= 0.6 is 11.8 Å². The summed E-state index contributed by atoms with van der Waals surface area (Å²) in [6.07, 6.45) is 5.86. The number of carbonyl (C=O) groups excluding carboxylic acids is 1. The minimum Gasteiger partial charge on any atom is -0.481 e. The number of amides is 1. The van der Waals surface area contributed by atoms with Crippen molar-refractivity contribution < 1.29 is 14.7 Å². The molecular formula is C13H16N2O3S. The Morgan fingerprint density at radius 1 is 1.37 bits per heavy atom. The number of hydrogen-bond acceptors (Lipinski definition) is 4. The third-order valence-electron chi connectivity index (χ3n) is 3.22. The van der Waals surface area contributed by atoms with E-state index in [1.165, 1.54) is 11.8 Å². The molecule has 19 heavy (non-hydrogen) atoms. The van der Waals surface area contributed by atoms with Crippen molar-refractivity contribution in [1.29, 1.82) is 0 Å². The summed E-state index contributed by atoms with van der Waals surface area (Å²) in [4.78, 5) is 27.6. The summed E-state index contributed by atoms with van der Waals surface area (Å²) in [6, 6.07) is 3.68. The first-order valence-corrected chi connectivity index (χ1v) is 7.14. The number of thioether (sulfide) groups is 1. The van der Waals surface area contributed by atoms with E-state index in [0.29, 0.717) is 5.75 Å². The molecule has 1 aliphatic carbocycles. The zero-order valence-electron chi connectivity index (χ0n) is 10.5. The lowest BCUT2D eigenvalue weighted by molar-refractivity contribution is -0.140. The molecule has 0 aromatic carbocycles. The fourth-order valence-electron chi connectivity index (χ4n) is 2.15. The third-order valence-corrected chi connectivity index (χ3v) is 4.24. The summed E-state index contributed by atoms with van der Waals surface area (Å²) in [6.45, 7) is 0. The van der Waals surface area contributed by atoms with Gasteiger partial charge in [-0.2, -0.15) is 0 Å². The topological polar surface area (TPSA) is 79.3 Å². The van der Waals surface area contributed by atoms with Gasteiger partial charge in [-0.1, -0.05) is 0 Å². The summed E-state index contributed by atoms with van der Waals surface area (Å²) in [7, 11) is 0. The predicted octanol–water partition coefficient (Wildman–Crippen LogP) is 1.69. The molecule has 0 atom stereocenters. The van der Waals surface area contributed by atoms with E-state index in [0.717, 1.165) is 24.2 Å². The fourth-order valence-corrected chi connectivity index (χ4v) is 2.84. The van der Waals surface area contributed by atoms with Crippen LogP contribution in [0.4, 0.5) is 0 Å². The lowest BCUT2D eigenvalue weighted by Crippen LogP contribution is -2.55. The molecule has 1 fully saturated rings. The van der Waals surface area contributed by atoms with Crippen molar-refractivity contribution in [1.82, 2.24) is 10.3 Å². The van der Waals surface area contributed by atoms with Gasteiger partial charge in [-0.25, -0.2) is 0 Å². The molecule has 1 aromatic rings. The lowest BCUT2D eigenvalue weighted by atomic mass is 9.74. The molecule has 0 unspecified atom stereocenters. The van der Waals surface area contributed by atoms with Crippen LogP contribution in [0.2, 0.25) is 0 Å². The Morgan fingerprint density at radius 2 is 2.05 bits per heavy atom. The molecule has 2 N–H and O–H groups in total. The number of nitrogens with one attached hydrogen (secondary N) is 1. The average Bonchev–Trinajstić information content (AvgIpc) is 2.34. The van der Waals surface area contributed by atoms with Crippen LogP contribution in [0, 0.1) is 0 Å². The van der Waals surface area contributed by atoms with E-state index in [-0.39, 0.29) is 12.3 Å². The van der Waals surface area contributed by atoms with E-state index in [1.807, 2.05) is 12.1 Å². The van der Waals surface area contributed by atoms with Crippen molar-refractivity contribution in [3.8, 4) is 0 Å². The van der Waals surface area contributed by atoms with Gasteiger partial charge in [0, 0.05) is 17.3 Å². The first kappa shape index (κ1) is 13.9. The van der Waals surface area contributed by atoms with Gasteiger partial charge in [0.2, 0.25) is 5.91 Å². The van der Waals surface area contributed by atoms with E-state index >= 15 is 0 Å². The Balaban J connectivity index is 1.82. The monoisotopic (exact) mass is 280 g/mol. The van der Waals surface area contributed by atoms with Gasteiger partial charge in [0.05, 0.1) is 17.7 Å². The van der Waals surface area contributed by atoms with Gasteiger partial charge in [-0.3, -0.25) is 14.6 Å². The number of carboxylic acid groups (broad SMARTS) is 1. The van der Waals surface area contributed by atoms with E-state index in [9.17, 15) is 9.59 Å². The van der Waals surface area contributed by atoms with Gasteiger partial charge >= 0.3 is 5.97 Å². The minimum absolute atomic E-state index is 0.0126. The molecule has 1 aromatic heterocycles. The highest BCUT2D eigenvalue weighted by molar-refractivity contribution is 8.00. The number of carbonyl (C=O) groups is 2. The average molecular weight is 280 g/mol. The van der Waals surface area contributed by atoms with Crippen molar-refractivity contribution in [2.75, 3.05) is 5.75 Å². The molecule has 1 heterocycles. The van der Waals surface area contributed by atoms with Crippen molar-refractivity contribution in [2.45, 2.75) is 36.1 Å². The number of nitrogens with zero attached hydrogens (tertiary/aromatic N) is 1. The zero-order chi connectivity index (χ0) is 13.7. The number of aliphatic carboxylic acids is 1. The smallest absolute Gasteiger partial charge is 0.305 e. The summed E-state index contributed by atoms with van der Waals surface area (Å²) in [5.41, 5.74) is -0.512. The second-order valence-corrected chi connectivity index (χ2v) is 5.77. The molecule has 1 amide bonds. The number of hydrogen-bond donors (Lipinski definition) is 2. The second kappa shape index (κ2) is 6.06. The van der Waals surface area contributed by atoms with E-state index < -0.39 is 11.5 Å². The highest BCUT2D eigenvalue weighted by Crippen LogP contribution is 2.35. The first-order chi connectivity index (χ1) is 9.10. The Bertz CT molecular complexity index is 460. The summed E-state index contributed by atoms with van der Waals surface area (Å²) in [5.74, 6) is -0.671. The van der Waals surface area contributed by atoms with Gasteiger partial charge < -0.3 is 10.4 Å². The normalized spacial score (nSPS) is 16.4. The molecule has 0 saturated heterocycles. The number of rotatable bonds is 6. The Morgan fingerprint density at radius 3 is 2.58 bits per heavy atom. The molecule has 0 bridgehead atoms. The summed E-state index contributed by atoms with van der Waals surface area (Å²) < 4.78 is 0. The van der Waals surface area contributed by atoms with Crippen molar-refractivity contribution in [2.24, 2.45) is 0 Å². The van der Waals surface area contributed by atoms with Crippen LogP contribution in [0.3, 0.4) is 0 Å². The first-order valence-electron chi connectivity index (χ1n) is 6.15. The van der Waals surface area contributed by atoms with Crippen LogP contribution in [-0.4, -0.2) is 33.3 Å². The fraction of sp³-hybridized carbons (Fsp3) is 0.462. The molecule has 0 radical (unpaired) electrons. The third kappa shape index (κ3) is 3.96. The van der Waals surface area contributed by atoms with Crippen LogP contribution in [0.25, 0.3) is 0 Å². The SMILES string of the molecule is O=C(O)CC1(NC(=O)CSc2ccncc2)CCC1. The Labute approximate surface area is 115 Å². The number of aromatic nitrogens is 1. The summed E-state index contributed by atoms with van der Waals surface area (Å²) >= 11 is 1.42. The highest BCUT2D eigenvalue weighted by Gasteiger charge is 2.40. The number of carboxylic acids is 1. The zero-order valence-corrected chi connectivity index (χ0v) is 11.3. The van der Waals surface area contributed by atoms with Crippen LogP contribution < -0.4 is 5.32 Å². The molecular weight excluding hydrogens is 264 g/mol. The quantitative estimate of drug-likeness (QED) is 0.775. The standard InChI is InChI=1S/C13H16N2O3S/c16-11(9-19-10-2-6-14-7-3-10)15-13(4-1-5-13)8-12(17)18/h2-3,6-7H,1,4-5,8-9H2,(H,15,16)(H,17,18). The second-order valence-electron chi connectivity index (χ2n) is 4.72. The van der Waals surface area contributed by atoms with Crippen LogP contribution in [0.5, 0.6) is 0 Å². The van der Waals surface area contributed by atoms with Gasteiger partial charge in [0.15, 0.2) is 0 Å². The van der Waals surface area contributed by atoms with Gasteiger partial charge in [0.1, 0.15) is 0 Å². The van der Waals surface area contributed by atoms with Crippen LogP contribution in [0.1, 0.15) is 25.7 Å². The molecule has 0 spiro atoms. The maximum Gasteiger partial charge on any atom is 0.305 e. The molecule has 6 heteroatoms. The van der Waals surface area contributed by atoms with Crippen LogP contribution in [0.15, 0.2) is 29.4 Å². The Hall–Kier alpha value is -1.56. The number of pyridine rings is 1. The van der Waals surface area contributed by atoms with Gasteiger partial charge in [-0.05, 0) is 31.4 Å². The van der Waals surface area contributed by atoms with E-state index in [1.54, 1.807) is 12.4 Å². The van der Waals surface area contributed by atoms with E-state index in [2.05, 4.69) is 10.3 Å². The van der Waals surface area contributed by atoms with Crippen molar-refractivity contribution in [3.05, 3.63) is 24.5 Å². The Kier molecular flexibility index (Phi) is 4.42. The molecule has 1 saturated carbocycles. The molecule has 102 valence electrons. The molecule has 0 aliphatic heterocycles. The molecule has 5 nitrogen and oxygen atoms in total. The molecule has 2 rings (SSSR count). The summed E-state index contributed by atoms with van der Waals surface area (Å²) in [5, 5.41) is 11.7. The van der Waals surface area contributed by atoms with Crippen molar-refractivity contribution >= 4 is 23.6 Å². The predicted molar refractivity (Wildman–Crippen MR) is 71.9 cm³/mol. The van der Waals surface area contributed by atoms with Gasteiger partial charge in [-0.15, -0.1) is 11.8 Å². The maximum absolute atomic E-state index is 11.9. The highest BCUT2D eigenvalue weighted by atomic mass is 32.2.